The Labute approximate surface area is 229 Å². The van der Waals surface area contributed by atoms with Crippen LogP contribution in [0.2, 0.25) is 0 Å². The van der Waals surface area contributed by atoms with E-state index in [9.17, 15) is 10.3 Å². The zero-order valence-electron chi connectivity index (χ0n) is 21.1. The van der Waals surface area contributed by atoms with Crippen molar-refractivity contribution in [3.05, 3.63) is 104 Å². The van der Waals surface area contributed by atoms with Gasteiger partial charge < -0.3 is 19.5 Å². The minimum atomic E-state index is -1.36. The number of likely N-dealkylation sites (N-methyl/N-ethyl adjacent to an activating group) is 1. The summed E-state index contributed by atoms with van der Waals surface area (Å²) in [5, 5.41) is 12.9. The summed E-state index contributed by atoms with van der Waals surface area (Å²) in [5.41, 5.74) is 10.4. The molecule has 1 aliphatic heterocycles. The van der Waals surface area contributed by atoms with E-state index in [1.54, 1.807) is 44.4 Å². The van der Waals surface area contributed by atoms with Crippen molar-refractivity contribution in [2.75, 3.05) is 27.3 Å². The molecule has 10 heteroatoms. The number of carbonyl (C=O) groups excluding carboxylic acids is 1. The highest BCUT2D eigenvalue weighted by molar-refractivity contribution is 9.10. The highest BCUT2D eigenvalue weighted by atomic mass is 79.9. The van der Waals surface area contributed by atoms with E-state index >= 15 is 0 Å². The molecule has 196 valence electrons. The van der Waals surface area contributed by atoms with Crippen LogP contribution in [0.3, 0.4) is 0 Å². The lowest BCUT2D eigenvalue weighted by atomic mass is 9.81. The summed E-state index contributed by atoms with van der Waals surface area (Å²) >= 11 is 3.47. The quantitative estimate of drug-likeness (QED) is 0.143. The molecule has 2 atom stereocenters. The molecule has 0 saturated heterocycles. The van der Waals surface area contributed by atoms with E-state index in [1.165, 1.54) is 4.90 Å². The van der Waals surface area contributed by atoms with Crippen molar-refractivity contribution < 1.29 is 19.4 Å². The van der Waals surface area contributed by atoms with Crippen LogP contribution in [0.5, 0.6) is 5.75 Å². The second kappa shape index (κ2) is 12.1. The van der Waals surface area contributed by atoms with Gasteiger partial charge in [0, 0.05) is 59.7 Å². The van der Waals surface area contributed by atoms with E-state index in [0.717, 1.165) is 10.0 Å². The molecule has 1 amide bonds. The van der Waals surface area contributed by atoms with Gasteiger partial charge in [0.05, 0.1) is 6.61 Å². The number of halogens is 1. The average molecular weight is 578 g/mol. The predicted molar refractivity (Wildman–Crippen MR) is 149 cm³/mol. The summed E-state index contributed by atoms with van der Waals surface area (Å²) in [6.07, 6.45) is -0.0498. The highest BCUT2D eigenvalue weighted by Gasteiger charge is 2.54. The molecule has 1 N–H and O–H groups in total. The fourth-order valence-electron chi connectivity index (χ4n) is 4.39. The number of benzene rings is 3. The number of aliphatic imine (C=N–C) groups is 1. The first kappa shape index (κ1) is 27.2. The minimum absolute atomic E-state index is 0.0573. The Balaban J connectivity index is 1.83. The molecule has 1 heterocycles. The molecular weight excluding hydrogens is 550 g/mol. The summed E-state index contributed by atoms with van der Waals surface area (Å²) in [6, 6.07) is 22.0. The number of hydrogen-bond acceptors (Lipinski definition) is 6. The van der Waals surface area contributed by atoms with Gasteiger partial charge in [-0.05, 0) is 47.5 Å². The molecule has 0 aromatic heterocycles. The van der Waals surface area contributed by atoms with Gasteiger partial charge in [-0.1, -0.05) is 57.4 Å². The van der Waals surface area contributed by atoms with Crippen LogP contribution in [0, 0.1) is 0 Å². The Hall–Kier alpha value is -3.85. The van der Waals surface area contributed by atoms with Gasteiger partial charge in [-0.25, -0.2) is 4.99 Å². The van der Waals surface area contributed by atoms with Gasteiger partial charge in [-0.15, -0.1) is 0 Å². The number of rotatable bonds is 10. The Bertz CT molecular complexity index is 1350. The third-order valence-corrected chi connectivity index (χ3v) is 6.70. The van der Waals surface area contributed by atoms with Crippen LogP contribution >= 0.6 is 15.9 Å². The number of nitrogens with zero attached hydrogens (tertiary/aromatic N) is 5. The van der Waals surface area contributed by atoms with Gasteiger partial charge in [-0.3, -0.25) is 4.79 Å². The molecule has 4 rings (SSSR count). The van der Waals surface area contributed by atoms with Crippen LogP contribution in [0.15, 0.2) is 87.4 Å². The van der Waals surface area contributed by atoms with Crippen LogP contribution in [-0.4, -0.2) is 54.7 Å². The number of hydrogen-bond donors (Lipinski definition) is 1. The summed E-state index contributed by atoms with van der Waals surface area (Å²) in [5.74, 6) is 0.719. The zero-order chi connectivity index (χ0) is 27.1. The van der Waals surface area contributed by atoms with E-state index in [-0.39, 0.29) is 18.9 Å². The molecule has 3 aromatic rings. The van der Waals surface area contributed by atoms with Crippen molar-refractivity contribution in [2.45, 2.75) is 24.5 Å². The third-order valence-electron chi connectivity index (χ3n) is 6.17. The summed E-state index contributed by atoms with van der Waals surface area (Å²) in [6.45, 7) is 0.459. The molecule has 0 unspecified atom stereocenters. The van der Waals surface area contributed by atoms with Crippen LogP contribution in [0.25, 0.3) is 10.4 Å². The first-order chi connectivity index (χ1) is 18.4. The maximum absolute atomic E-state index is 14.0. The van der Waals surface area contributed by atoms with E-state index in [0.29, 0.717) is 41.5 Å². The lowest BCUT2D eigenvalue weighted by molar-refractivity contribution is -0.137. The lowest BCUT2D eigenvalue weighted by Crippen LogP contribution is -2.49. The first-order valence-electron chi connectivity index (χ1n) is 12.1. The molecule has 38 heavy (non-hydrogen) atoms. The van der Waals surface area contributed by atoms with E-state index in [4.69, 9.17) is 19.6 Å². The van der Waals surface area contributed by atoms with Gasteiger partial charge in [0.1, 0.15) is 5.75 Å². The fraction of sp³-hybridized carbons (Fsp3) is 0.286. The smallest absolute Gasteiger partial charge is 0.254 e. The number of aliphatic hydroxyl groups is 1. The van der Waals surface area contributed by atoms with E-state index in [2.05, 4.69) is 26.0 Å². The zero-order valence-corrected chi connectivity index (χ0v) is 22.7. The SMILES string of the molecule is CN(C)C(=O)[C@]1(Cc2ccc(Br)cc2)N=C(c2ccc(OCCCO)cc2)O[C@@H]1c1ccccc1N=[N+]=[N-]. The van der Waals surface area contributed by atoms with Crippen molar-refractivity contribution in [2.24, 2.45) is 10.1 Å². The van der Waals surface area contributed by atoms with Crippen LogP contribution < -0.4 is 4.74 Å². The molecule has 9 nitrogen and oxygen atoms in total. The molecule has 3 aromatic carbocycles. The molecule has 0 aliphatic carbocycles. The normalized spacial score (nSPS) is 18.2. The van der Waals surface area contributed by atoms with Gasteiger partial charge in [0.2, 0.25) is 5.90 Å². The molecule has 0 saturated carbocycles. The Kier molecular flexibility index (Phi) is 8.68. The first-order valence-corrected chi connectivity index (χ1v) is 12.9. The van der Waals surface area contributed by atoms with Crippen molar-refractivity contribution >= 4 is 33.4 Å². The van der Waals surface area contributed by atoms with Crippen LogP contribution in [0.1, 0.15) is 29.2 Å². The van der Waals surface area contributed by atoms with E-state index in [1.807, 2.05) is 42.5 Å². The predicted octanol–water partition coefficient (Wildman–Crippen LogP) is 5.74. The van der Waals surface area contributed by atoms with E-state index < -0.39 is 11.6 Å². The van der Waals surface area contributed by atoms with Crippen molar-refractivity contribution in [1.82, 2.24) is 4.90 Å². The number of aliphatic hydroxyl groups excluding tert-OH is 1. The van der Waals surface area contributed by atoms with Crippen molar-refractivity contribution in [3.8, 4) is 5.75 Å². The molecule has 0 spiro atoms. The summed E-state index contributed by atoms with van der Waals surface area (Å²) < 4.78 is 13.0. The topological polar surface area (TPSA) is 120 Å². The number of carbonyl (C=O) groups is 1. The van der Waals surface area contributed by atoms with Crippen molar-refractivity contribution in [1.29, 1.82) is 0 Å². The molecule has 0 bridgehead atoms. The summed E-state index contributed by atoms with van der Waals surface area (Å²) in [4.78, 5) is 23.4. The summed E-state index contributed by atoms with van der Waals surface area (Å²) in [7, 11) is 3.38. The van der Waals surface area contributed by atoms with Gasteiger partial charge in [0.15, 0.2) is 11.6 Å². The van der Waals surface area contributed by atoms with Crippen LogP contribution in [-0.2, 0) is 16.0 Å². The molecular formula is C28H28BrN5O4. The molecule has 1 aliphatic rings. The molecule has 0 radical (unpaired) electrons. The maximum atomic E-state index is 14.0. The number of amides is 1. The largest absolute Gasteiger partial charge is 0.494 e. The van der Waals surface area contributed by atoms with Gasteiger partial charge in [-0.2, -0.15) is 0 Å². The standard InChI is InChI=1S/C28H28BrN5O4/c1-34(2)27(36)28(18-19-8-12-21(29)13-9-19)25(23-6-3-4-7-24(23)32-33-30)38-26(31-28)20-10-14-22(15-11-20)37-17-5-16-35/h3-4,6-15,25,35H,5,16-18H2,1-2H3/t25-,28-/m1/s1. The minimum Gasteiger partial charge on any atom is -0.494 e. The van der Waals surface area contributed by atoms with Gasteiger partial charge >= 0.3 is 0 Å². The third kappa shape index (κ3) is 5.83. The molecule has 0 fully saturated rings. The monoisotopic (exact) mass is 577 g/mol. The average Bonchev–Trinajstić information content (AvgIpc) is 3.30. The second-order valence-electron chi connectivity index (χ2n) is 9.04. The van der Waals surface area contributed by atoms with Crippen molar-refractivity contribution in [3.63, 3.8) is 0 Å². The number of ether oxygens (including phenoxy) is 2. The maximum Gasteiger partial charge on any atom is 0.254 e. The van der Waals surface area contributed by atoms with Crippen LogP contribution in [0.4, 0.5) is 5.69 Å². The Morgan fingerprint density at radius 1 is 1.16 bits per heavy atom. The van der Waals surface area contributed by atoms with Gasteiger partial charge in [0.25, 0.3) is 5.91 Å². The second-order valence-corrected chi connectivity index (χ2v) is 9.96. The highest BCUT2D eigenvalue weighted by Crippen LogP contribution is 2.46. The lowest BCUT2D eigenvalue weighted by Gasteiger charge is -2.33. The fourth-order valence-corrected chi connectivity index (χ4v) is 4.66. The Morgan fingerprint density at radius 3 is 2.53 bits per heavy atom. The Morgan fingerprint density at radius 2 is 1.87 bits per heavy atom. The number of azide groups is 1.